The molecule has 0 amide bonds. The van der Waals surface area contributed by atoms with Crippen LogP contribution in [-0.2, 0) is 6.42 Å². The second kappa shape index (κ2) is 7.75. The van der Waals surface area contributed by atoms with Crippen LogP contribution in [0.3, 0.4) is 0 Å². The number of hydrogen-bond donors (Lipinski definition) is 1. The van der Waals surface area contributed by atoms with E-state index in [2.05, 4.69) is 11.1 Å². The van der Waals surface area contributed by atoms with Gasteiger partial charge in [0.05, 0.1) is 24.3 Å². The van der Waals surface area contributed by atoms with Gasteiger partial charge in [-0.3, -0.25) is 4.98 Å². The first-order chi connectivity index (χ1) is 9.07. The van der Waals surface area contributed by atoms with Crippen molar-refractivity contribution >= 4 is 0 Å². The third-order valence-electron chi connectivity index (χ3n) is 2.97. The Hall–Kier alpha value is -1.60. The number of nitriles is 1. The fourth-order valence-electron chi connectivity index (χ4n) is 1.71. The average Bonchev–Trinajstić information content (AvgIpc) is 2.40. The molecular formula is C15H23N3O. The van der Waals surface area contributed by atoms with Gasteiger partial charge in [0.2, 0.25) is 0 Å². The Bertz CT molecular complexity index is 406. The lowest BCUT2D eigenvalue weighted by molar-refractivity contribution is 0.294. The van der Waals surface area contributed by atoms with Crippen molar-refractivity contribution in [3.05, 3.63) is 24.0 Å². The molecule has 0 aliphatic carbocycles. The number of ether oxygens (including phenoxy) is 1. The van der Waals surface area contributed by atoms with Crippen molar-refractivity contribution in [3.63, 3.8) is 0 Å². The van der Waals surface area contributed by atoms with Crippen LogP contribution < -0.4 is 10.5 Å². The van der Waals surface area contributed by atoms with Gasteiger partial charge in [-0.25, -0.2) is 0 Å². The summed E-state index contributed by atoms with van der Waals surface area (Å²) in [5.41, 5.74) is 6.23. The highest BCUT2D eigenvalue weighted by Crippen LogP contribution is 2.21. The molecule has 1 heterocycles. The molecule has 4 heteroatoms. The molecule has 0 saturated carbocycles. The molecule has 0 unspecified atom stereocenters. The summed E-state index contributed by atoms with van der Waals surface area (Å²) in [6, 6.07) is 6.18. The third kappa shape index (κ3) is 6.21. The second-order valence-corrected chi connectivity index (χ2v) is 5.33. The number of unbranched alkanes of at least 4 members (excludes halogenated alkanes) is 1. The topological polar surface area (TPSA) is 71.9 Å². The molecule has 0 fully saturated rings. The maximum atomic E-state index is 8.90. The van der Waals surface area contributed by atoms with Crippen LogP contribution in [0.15, 0.2) is 18.3 Å². The summed E-state index contributed by atoms with van der Waals surface area (Å²) >= 11 is 0. The van der Waals surface area contributed by atoms with Gasteiger partial charge in [-0.15, -0.1) is 0 Å². The quantitative estimate of drug-likeness (QED) is 0.730. The Kier molecular flexibility index (Phi) is 6.31. The van der Waals surface area contributed by atoms with Crippen molar-refractivity contribution in [1.82, 2.24) is 4.98 Å². The van der Waals surface area contributed by atoms with Gasteiger partial charge in [-0.1, -0.05) is 0 Å². The van der Waals surface area contributed by atoms with Crippen molar-refractivity contribution in [2.75, 3.05) is 13.2 Å². The van der Waals surface area contributed by atoms with Gasteiger partial charge in [-0.2, -0.15) is 5.26 Å². The summed E-state index contributed by atoms with van der Waals surface area (Å²) in [7, 11) is 0. The summed E-state index contributed by atoms with van der Waals surface area (Å²) in [5, 5.41) is 8.90. The number of rotatable bonds is 8. The Morgan fingerprint density at radius 2 is 2.16 bits per heavy atom. The van der Waals surface area contributed by atoms with Gasteiger partial charge in [-0.05, 0) is 51.8 Å². The summed E-state index contributed by atoms with van der Waals surface area (Å²) in [5.74, 6) is 0.792. The lowest BCUT2D eigenvalue weighted by Crippen LogP contribution is -2.08. The highest BCUT2D eigenvalue weighted by atomic mass is 16.5. The zero-order chi connectivity index (χ0) is 14.1. The van der Waals surface area contributed by atoms with Crippen LogP contribution in [0.2, 0.25) is 0 Å². The molecule has 0 bridgehead atoms. The second-order valence-electron chi connectivity index (χ2n) is 5.33. The average molecular weight is 261 g/mol. The van der Waals surface area contributed by atoms with Crippen LogP contribution in [0.4, 0.5) is 0 Å². The van der Waals surface area contributed by atoms with Crippen molar-refractivity contribution in [3.8, 4) is 11.8 Å². The summed E-state index contributed by atoms with van der Waals surface area (Å²) in [4.78, 5) is 4.27. The molecule has 0 aliphatic heterocycles. The summed E-state index contributed by atoms with van der Waals surface area (Å²) in [6.45, 7) is 5.21. The van der Waals surface area contributed by atoms with E-state index in [4.69, 9.17) is 15.7 Å². The Labute approximate surface area is 115 Å². The van der Waals surface area contributed by atoms with E-state index >= 15 is 0 Å². The predicted molar refractivity (Wildman–Crippen MR) is 75.7 cm³/mol. The van der Waals surface area contributed by atoms with E-state index in [1.165, 1.54) is 0 Å². The molecule has 1 rings (SSSR count). The van der Waals surface area contributed by atoms with Crippen molar-refractivity contribution in [2.45, 2.75) is 39.5 Å². The summed E-state index contributed by atoms with van der Waals surface area (Å²) < 4.78 is 5.61. The normalized spacial score (nSPS) is 11.1. The molecule has 0 radical (unpaired) electrons. The molecule has 2 N–H and O–H groups in total. The predicted octanol–water partition coefficient (Wildman–Crippen LogP) is 2.68. The lowest BCUT2D eigenvalue weighted by Gasteiger charge is -2.14. The van der Waals surface area contributed by atoms with E-state index in [1.54, 1.807) is 6.20 Å². The van der Waals surface area contributed by atoms with Gasteiger partial charge in [0, 0.05) is 12.1 Å². The fourth-order valence-corrected chi connectivity index (χ4v) is 1.71. The molecule has 0 aromatic carbocycles. The monoisotopic (exact) mass is 261 g/mol. The van der Waals surface area contributed by atoms with Crippen LogP contribution >= 0.6 is 0 Å². The number of nitrogens with two attached hydrogens (primary N) is 1. The Morgan fingerprint density at radius 3 is 2.74 bits per heavy atom. The van der Waals surface area contributed by atoms with Gasteiger partial charge < -0.3 is 10.5 Å². The molecule has 4 nitrogen and oxygen atoms in total. The lowest BCUT2D eigenvalue weighted by atomic mass is 9.89. The first-order valence-corrected chi connectivity index (χ1v) is 6.76. The molecule has 0 saturated heterocycles. The number of nitrogens with zero attached hydrogens (tertiary/aromatic N) is 2. The maximum Gasteiger partial charge on any atom is 0.137 e. The van der Waals surface area contributed by atoms with Crippen LogP contribution in [0, 0.1) is 16.7 Å². The zero-order valence-corrected chi connectivity index (χ0v) is 11.9. The third-order valence-corrected chi connectivity index (χ3v) is 2.97. The zero-order valence-electron chi connectivity index (χ0n) is 11.9. The van der Waals surface area contributed by atoms with Crippen LogP contribution in [0.1, 0.15) is 38.8 Å². The van der Waals surface area contributed by atoms with E-state index in [9.17, 15) is 0 Å². The molecule has 1 aromatic heterocycles. The van der Waals surface area contributed by atoms with Crippen molar-refractivity contribution < 1.29 is 4.74 Å². The van der Waals surface area contributed by atoms with Gasteiger partial charge in [0.25, 0.3) is 0 Å². The molecule has 19 heavy (non-hydrogen) atoms. The van der Waals surface area contributed by atoms with Gasteiger partial charge in [0.15, 0.2) is 0 Å². The Morgan fingerprint density at radius 1 is 1.37 bits per heavy atom. The van der Waals surface area contributed by atoms with E-state index in [0.29, 0.717) is 13.2 Å². The van der Waals surface area contributed by atoms with Crippen LogP contribution in [0.25, 0.3) is 0 Å². The maximum absolute atomic E-state index is 8.90. The van der Waals surface area contributed by atoms with Gasteiger partial charge >= 0.3 is 0 Å². The first kappa shape index (κ1) is 15.5. The van der Waals surface area contributed by atoms with Gasteiger partial charge in [0.1, 0.15) is 5.75 Å². The SMILES string of the molecule is CC(C)(C#N)CCCCOc1ccc(CCN)nc1. The van der Waals surface area contributed by atoms with Crippen molar-refractivity contribution in [2.24, 2.45) is 11.1 Å². The number of pyridine rings is 1. The summed E-state index contributed by atoms with van der Waals surface area (Å²) in [6.07, 6.45) is 5.39. The van der Waals surface area contributed by atoms with Crippen molar-refractivity contribution in [1.29, 1.82) is 5.26 Å². The van der Waals surface area contributed by atoms with E-state index in [-0.39, 0.29) is 5.41 Å². The minimum absolute atomic E-state index is 0.231. The molecular weight excluding hydrogens is 238 g/mol. The van der Waals surface area contributed by atoms with Crippen LogP contribution in [0.5, 0.6) is 5.75 Å². The molecule has 0 spiro atoms. The fraction of sp³-hybridized carbons (Fsp3) is 0.600. The van der Waals surface area contributed by atoms with Crippen LogP contribution in [-0.4, -0.2) is 18.1 Å². The number of aromatic nitrogens is 1. The van der Waals surface area contributed by atoms with E-state index in [1.807, 2.05) is 26.0 Å². The molecule has 0 aliphatic rings. The highest BCUT2D eigenvalue weighted by Gasteiger charge is 2.15. The largest absolute Gasteiger partial charge is 0.492 e. The number of hydrogen-bond acceptors (Lipinski definition) is 4. The first-order valence-electron chi connectivity index (χ1n) is 6.76. The molecule has 1 aromatic rings. The smallest absolute Gasteiger partial charge is 0.137 e. The standard InChI is InChI=1S/C15H23N3O/c1-15(2,12-17)8-3-4-10-19-14-6-5-13(7-9-16)18-11-14/h5-6,11H,3-4,7-10,16H2,1-2H3. The molecule has 104 valence electrons. The Balaban J connectivity index is 2.21. The van der Waals surface area contributed by atoms with E-state index in [0.717, 1.165) is 37.1 Å². The molecule has 0 atom stereocenters. The minimum Gasteiger partial charge on any atom is -0.492 e. The van der Waals surface area contributed by atoms with E-state index < -0.39 is 0 Å². The highest BCUT2D eigenvalue weighted by molar-refractivity contribution is 5.19. The minimum atomic E-state index is -0.231.